The quantitative estimate of drug-likeness (QED) is 0.841. The van der Waals surface area contributed by atoms with E-state index in [1.807, 2.05) is 12.1 Å². The molecule has 4 heteroatoms. The van der Waals surface area contributed by atoms with Crippen molar-refractivity contribution in [1.29, 1.82) is 0 Å². The smallest absolute Gasteiger partial charge is 0.227 e. The van der Waals surface area contributed by atoms with Crippen LogP contribution in [-0.2, 0) is 4.79 Å². The van der Waals surface area contributed by atoms with Crippen LogP contribution < -0.4 is 4.90 Å². The van der Waals surface area contributed by atoms with Crippen molar-refractivity contribution in [3.63, 3.8) is 0 Å². The Bertz CT molecular complexity index is 395. The molecule has 0 aliphatic heterocycles. The number of hydrogen-bond acceptors (Lipinski definition) is 2. The minimum absolute atomic E-state index is 0.120. The molecule has 0 aliphatic rings. The monoisotopic (exact) mass is 312 g/mol. The number of aromatic nitrogens is 1. The van der Waals surface area contributed by atoms with E-state index in [0.29, 0.717) is 12.2 Å². The highest BCUT2D eigenvalue weighted by Crippen LogP contribution is 2.22. The van der Waals surface area contributed by atoms with Gasteiger partial charge in [-0.3, -0.25) is 9.69 Å². The molecule has 100 valence electrons. The average Bonchev–Trinajstić information content (AvgIpc) is 2.27. The third-order valence-corrected chi connectivity index (χ3v) is 3.22. The molecule has 1 amide bonds. The van der Waals surface area contributed by atoms with Gasteiger partial charge in [0, 0.05) is 24.1 Å². The van der Waals surface area contributed by atoms with Crippen molar-refractivity contribution in [1.82, 2.24) is 4.98 Å². The zero-order chi connectivity index (χ0) is 13.8. The van der Waals surface area contributed by atoms with Crippen LogP contribution >= 0.6 is 15.9 Å². The first kappa shape index (κ1) is 15.2. The summed E-state index contributed by atoms with van der Waals surface area (Å²) in [6.45, 7) is 6.58. The van der Waals surface area contributed by atoms with Gasteiger partial charge in [-0.05, 0) is 46.3 Å². The van der Waals surface area contributed by atoms with Gasteiger partial charge in [-0.25, -0.2) is 4.98 Å². The Labute approximate surface area is 118 Å². The minimum Gasteiger partial charge on any atom is -0.300 e. The van der Waals surface area contributed by atoms with Crippen LogP contribution in [0.25, 0.3) is 0 Å². The van der Waals surface area contributed by atoms with Crippen LogP contribution in [0.15, 0.2) is 22.8 Å². The number of nitrogens with zero attached hydrogens (tertiary/aromatic N) is 2. The van der Waals surface area contributed by atoms with E-state index in [1.165, 1.54) is 0 Å². The number of carbonyl (C=O) groups is 1. The Kier molecular flexibility index (Phi) is 5.32. The van der Waals surface area contributed by atoms with Crippen molar-refractivity contribution in [3.05, 3.63) is 22.8 Å². The molecule has 0 aromatic carbocycles. The second-order valence-corrected chi connectivity index (χ2v) is 6.62. The summed E-state index contributed by atoms with van der Waals surface area (Å²) in [5, 5.41) is 0. The summed E-state index contributed by atoms with van der Waals surface area (Å²) in [4.78, 5) is 17.8. The maximum absolute atomic E-state index is 12.0. The molecular weight excluding hydrogens is 292 g/mol. The first-order valence-electron chi connectivity index (χ1n) is 6.18. The van der Waals surface area contributed by atoms with Crippen molar-refractivity contribution < 1.29 is 4.79 Å². The van der Waals surface area contributed by atoms with Crippen molar-refractivity contribution in [2.45, 2.75) is 40.0 Å². The maximum atomic E-state index is 12.0. The predicted molar refractivity (Wildman–Crippen MR) is 78.7 cm³/mol. The van der Waals surface area contributed by atoms with E-state index >= 15 is 0 Å². The molecule has 0 spiro atoms. The Balaban J connectivity index is 2.49. The lowest BCUT2D eigenvalue weighted by Crippen LogP contribution is -2.27. The number of pyridine rings is 1. The molecule has 1 aromatic heterocycles. The second-order valence-electron chi connectivity index (χ2n) is 5.70. The van der Waals surface area contributed by atoms with Crippen LogP contribution in [0.3, 0.4) is 0 Å². The highest BCUT2D eigenvalue weighted by molar-refractivity contribution is 9.10. The van der Waals surface area contributed by atoms with Gasteiger partial charge in [0.05, 0.1) is 0 Å². The number of hydrogen-bond donors (Lipinski definition) is 0. The van der Waals surface area contributed by atoms with Crippen LogP contribution in [0.1, 0.15) is 40.0 Å². The fourth-order valence-electron chi connectivity index (χ4n) is 1.63. The van der Waals surface area contributed by atoms with Crippen LogP contribution in [0.2, 0.25) is 0 Å². The highest BCUT2D eigenvalue weighted by Gasteiger charge is 2.14. The summed E-state index contributed by atoms with van der Waals surface area (Å²) in [7, 11) is 1.77. The zero-order valence-corrected chi connectivity index (χ0v) is 13.1. The number of halogens is 1. The Hall–Kier alpha value is -0.900. The third-order valence-electron chi connectivity index (χ3n) is 2.75. The van der Waals surface area contributed by atoms with Gasteiger partial charge in [0.15, 0.2) is 0 Å². The van der Waals surface area contributed by atoms with E-state index in [-0.39, 0.29) is 11.3 Å². The number of amides is 1. The van der Waals surface area contributed by atoms with Crippen molar-refractivity contribution in [3.8, 4) is 0 Å². The van der Waals surface area contributed by atoms with Gasteiger partial charge in [-0.15, -0.1) is 0 Å². The fourth-order valence-corrected chi connectivity index (χ4v) is 1.87. The minimum atomic E-state index is 0.120. The lowest BCUT2D eigenvalue weighted by atomic mass is 9.90. The van der Waals surface area contributed by atoms with E-state index in [2.05, 4.69) is 41.7 Å². The summed E-state index contributed by atoms with van der Waals surface area (Å²) < 4.78 is 0.917. The van der Waals surface area contributed by atoms with Crippen molar-refractivity contribution in [2.75, 3.05) is 11.9 Å². The largest absolute Gasteiger partial charge is 0.300 e. The van der Waals surface area contributed by atoms with Crippen LogP contribution in [-0.4, -0.2) is 17.9 Å². The number of rotatable bonds is 4. The van der Waals surface area contributed by atoms with E-state index in [0.717, 1.165) is 17.3 Å². The van der Waals surface area contributed by atoms with Gasteiger partial charge >= 0.3 is 0 Å². The van der Waals surface area contributed by atoms with Crippen molar-refractivity contribution in [2.24, 2.45) is 5.41 Å². The fraction of sp³-hybridized carbons (Fsp3) is 0.571. The molecule has 18 heavy (non-hydrogen) atoms. The molecule has 1 heterocycles. The van der Waals surface area contributed by atoms with Gasteiger partial charge < -0.3 is 0 Å². The zero-order valence-electron chi connectivity index (χ0n) is 11.5. The molecule has 0 bridgehead atoms. The van der Waals surface area contributed by atoms with E-state index in [4.69, 9.17) is 0 Å². The molecule has 1 aromatic rings. The third kappa shape index (κ3) is 5.17. The Morgan fingerprint density at radius 3 is 2.56 bits per heavy atom. The van der Waals surface area contributed by atoms with Gasteiger partial charge in [0.1, 0.15) is 5.82 Å². The van der Waals surface area contributed by atoms with Crippen LogP contribution in [0.4, 0.5) is 5.82 Å². The SMILES string of the molecule is CN(C(=O)CCCC(C)(C)C)c1ccc(Br)cn1. The van der Waals surface area contributed by atoms with Crippen molar-refractivity contribution >= 4 is 27.7 Å². The molecule has 0 saturated carbocycles. The molecule has 0 saturated heterocycles. The Morgan fingerprint density at radius 1 is 1.39 bits per heavy atom. The molecule has 1 rings (SSSR count). The topological polar surface area (TPSA) is 33.2 Å². The lowest BCUT2D eigenvalue weighted by Gasteiger charge is -2.19. The van der Waals surface area contributed by atoms with E-state index < -0.39 is 0 Å². The first-order valence-corrected chi connectivity index (χ1v) is 6.97. The predicted octanol–water partition coefficient (Wildman–Crippen LogP) is 4.02. The Morgan fingerprint density at radius 2 is 2.06 bits per heavy atom. The van der Waals surface area contributed by atoms with Crippen LogP contribution in [0.5, 0.6) is 0 Å². The van der Waals surface area contributed by atoms with E-state index in [1.54, 1.807) is 18.1 Å². The number of anilines is 1. The summed E-state index contributed by atoms with van der Waals surface area (Å²) >= 11 is 3.33. The summed E-state index contributed by atoms with van der Waals surface area (Å²) in [5.41, 5.74) is 0.286. The standard InChI is InChI=1S/C14H21BrN2O/c1-14(2,3)9-5-6-13(18)17(4)12-8-7-11(15)10-16-12/h7-8,10H,5-6,9H2,1-4H3. The molecule has 0 atom stereocenters. The van der Waals surface area contributed by atoms with Crippen LogP contribution in [0, 0.1) is 5.41 Å². The first-order chi connectivity index (χ1) is 8.29. The molecule has 0 radical (unpaired) electrons. The van der Waals surface area contributed by atoms with Gasteiger partial charge in [0.2, 0.25) is 5.91 Å². The molecule has 3 nitrogen and oxygen atoms in total. The molecule has 0 unspecified atom stereocenters. The molecule has 0 fully saturated rings. The van der Waals surface area contributed by atoms with Gasteiger partial charge in [0.25, 0.3) is 0 Å². The van der Waals surface area contributed by atoms with E-state index in [9.17, 15) is 4.79 Å². The van der Waals surface area contributed by atoms with Gasteiger partial charge in [-0.1, -0.05) is 20.8 Å². The molecule has 0 aliphatic carbocycles. The summed E-state index contributed by atoms with van der Waals surface area (Å²) in [6.07, 6.45) is 4.25. The molecular formula is C14H21BrN2O. The molecule has 0 N–H and O–H groups in total. The second kappa shape index (κ2) is 6.32. The lowest BCUT2D eigenvalue weighted by molar-refractivity contribution is -0.118. The summed E-state index contributed by atoms with van der Waals surface area (Å²) in [5.74, 6) is 0.813. The summed E-state index contributed by atoms with van der Waals surface area (Å²) in [6, 6.07) is 3.73. The number of carbonyl (C=O) groups excluding carboxylic acids is 1. The maximum Gasteiger partial charge on any atom is 0.227 e. The normalized spacial score (nSPS) is 11.4. The average molecular weight is 313 g/mol. The van der Waals surface area contributed by atoms with Gasteiger partial charge in [-0.2, -0.15) is 0 Å². The highest BCUT2D eigenvalue weighted by atomic mass is 79.9.